The minimum atomic E-state index is 0.412. The van der Waals surface area contributed by atoms with Crippen molar-refractivity contribution in [3.8, 4) is 0 Å². The molecule has 0 amide bonds. The van der Waals surface area contributed by atoms with Gasteiger partial charge in [0, 0.05) is 6.20 Å². The molecule has 0 saturated carbocycles. The van der Waals surface area contributed by atoms with E-state index in [1.807, 2.05) is 26.8 Å². The van der Waals surface area contributed by atoms with Gasteiger partial charge in [0.05, 0.1) is 5.69 Å². The predicted molar refractivity (Wildman–Crippen MR) is 49.1 cm³/mol. The van der Waals surface area contributed by atoms with Crippen molar-refractivity contribution in [1.29, 1.82) is 0 Å². The Hall–Kier alpha value is -1.25. The summed E-state index contributed by atoms with van der Waals surface area (Å²) in [7, 11) is 0. The molecular formula is C8H15N3. The van der Waals surface area contributed by atoms with E-state index in [9.17, 15) is 0 Å². The van der Waals surface area contributed by atoms with Gasteiger partial charge in [-0.3, -0.25) is 0 Å². The second kappa shape index (κ2) is 4.55. The van der Waals surface area contributed by atoms with Crippen LogP contribution in [0.4, 0.5) is 11.5 Å². The van der Waals surface area contributed by atoms with Crippen LogP contribution in [-0.2, 0) is 0 Å². The third-order valence-electron chi connectivity index (χ3n) is 1.24. The molecule has 0 aliphatic carbocycles. The highest BCUT2D eigenvalue weighted by Gasteiger charge is 1.95. The van der Waals surface area contributed by atoms with Crippen LogP contribution in [0.3, 0.4) is 0 Å². The number of nitrogens with two attached hydrogens (primary N) is 2. The zero-order valence-corrected chi connectivity index (χ0v) is 7.26. The fourth-order valence-electron chi connectivity index (χ4n) is 0.591. The normalized spacial score (nSPS) is 8.27. The number of hydrogen-bond acceptors (Lipinski definition) is 3. The zero-order chi connectivity index (χ0) is 8.85. The number of pyridine rings is 1. The van der Waals surface area contributed by atoms with Crippen molar-refractivity contribution in [3.63, 3.8) is 0 Å². The lowest BCUT2D eigenvalue weighted by Gasteiger charge is -1.99. The van der Waals surface area contributed by atoms with Gasteiger partial charge in [-0.05, 0) is 18.6 Å². The van der Waals surface area contributed by atoms with E-state index in [4.69, 9.17) is 11.5 Å². The van der Waals surface area contributed by atoms with Crippen molar-refractivity contribution in [2.75, 3.05) is 11.5 Å². The first kappa shape index (κ1) is 9.75. The summed E-state index contributed by atoms with van der Waals surface area (Å²) in [4.78, 5) is 3.79. The Kier molecular flexibility index (Phi) is 4.03. The van der Waals surface area contributed by atoms with Crippen LogP contribution in [0, 0.1) is 6.92 Å². The molecule has 1 aromatic rings. The standard InChI is InChI=1S/C6H9N3.C2H6/c1-4-2-3-9-6(8)5(4)7;1-2/h2-3H,7H2,1H3,(H2,8,9);1-2H3. The Bertz CT molecular complexity index is 200. The van der Waals surface area contributed by atoms with E-state index in [2.05, 4.69) is 4.98 Å². The van der Waals surface area contributed by atoms with E-state index >= 15 is 0 Å². The van der Waals surface area contributed by atoms with Crippen molar-refractivity contribution in [2.45, 2.75) is 20.8 Å². The summed E-state index contributed by atoms with van der Waals surface area (Å²) in [6.07, 6.45) is 1.64. The lowest BCUT2D eigenvalue weighted by molar-refractivity contribution is 1.30. The van der Waals surface area contributed by atoms with Crippen molar-refractivity contribution in [1.82, 2.24) is 4.98 Å². The Morgan fingerprint density at radius 1 is 1.27 bits per heavy atom. The van der Waals surface area contributed by atoms with E-state index in [-0.39, 0.29) is 0 Å². The summed E-state index contributed by atoms with van der Waals surface area (Å²) >= 11 is 0. The smallest absolute Gasteiger partial charge is 0.146 e. The molecule has 0 aromatic carbocycles. The summed E-state index contributed by atoms with van der Waals surface area (Å²) in [6.45, 7) is 5.90. The maximum absolute atomic E-state index is 5.49. The third-order valence-corrected chi connectivity index (χ3v) is 1.24. The average molecular weight is 153 g/mol. The molecule has 11 heavy (non-hydrogen) atoms. The van der Waals surface area contributed by atoms with Crippen molar-refractivity contribution in [3.05, 3.63) is 17.8 Å². The number of hydrogen-bond donors (Lipinski definition) is 2. The molecule has 62 valence electrons. The van der Waals surface area contributed by atoms with Gasteiger partial charge in [0.25, 0.3) is 0 Å². The Balaban J connectivity index is 0.000000461. The van der Waals surface area contributed by atoms with E-state index in [1.54, 1.807) is 6.20 Å². The molecule has 0 saturated heterocycles. The van der Waals surface area contributed by atoms with Gasteiger partial charge in [0.1, 0.15) is 5.82 Å². The highest BCUT2D eigenvalue weighted by atomic mass is 14.9. The molecule has 0 fully saturated rings. The molecule has 1 heterocycles. The van der Waals surface area contributed by atoms with Crippen LogP contribution < -0.4 is 11.5 Å². The lowest BCUT2D eigenvalue weighted by Crippen LogP contribution is -1.98. The summed E-state index contributed by atoms with van der Waals surface area (Å²) in [5, 5.41) is 0. The van der Waals surface area contributed by atoms with Crippen molar-refractivity contribution < 1.29 is 0 Å². The number of anilines is 2. The van der Waals surface area contributed by atoms with Gasteiger partial charge in [-0.25, -0.2) is 4.98 Å². The minimum Gasteiger partial charge on any atom is -0.396 e. The maximum atomic E-state index is 5.49. The maximum Gasteiger partial charge on any atom is 0.146 e. The van der Waals surface area contributed by atoms with Crippen LogP contribution in [0.15, 0.2) is 12.3 Å². The van der Waals surface area contributed by atoms with Crippen LogP contribution in [-0.4, -0.2) is 4.98 Å². The van der Waals surface area contributed by atoms with Gasteiger partial charge < -0.3 is 11.5 Å². The fraction of sp³-hybridized carbons (Fsp3) is 0.375. The SMILES string of the molecule is CC.Cc1ccnc(N)c1N. The molecule has 3 heteroatoms. The first-order valence-corrected chi connectivity index (χ1v) is 3.68. The molecule has 0 spiro atoms. The van der Waals surface area contributed by atoms with Gasteiger partial charge in [-0.1, -0.05) is 13.8 Å². The molecule has 1 rings (SSSR count). The van der Waals surface area contributed by atoms with Crippen molar-refractivity contribution >= 4 is 11.5 Å². The molecule has 1 aromatic heterocycles. The largest absolute Gasteiger partial charge is 0.396 e. The molecule has 4 N–H and O–H groups in total. The number of aryl methyl sites for hydroxylation is 1. The molecule has 0 unspecified atom stereocenters. The van der Waals surface area contributed by atoms with E-state index in [1.165, 1.54) is 0 Å². The molecule has 0 aliphatic rings. The Labute approximate surface area is 67.4 Å². The van der Waals surface area contributed by atoms with Crippen LogP contribution in [0.5, 0.6) is 0 Å². The second-order valence-corrected chi connectivity index (χ2v) is 1.93. The Morgan fingerprint density at radius 2 is 1.82 bits per heavy atom. The molecule has 0 aliphatic heterocycles. The van der Waals surface area contributed by atoms with Gasteiger partial charge >= 0.3 is 0 Å². The van der Waals surface area contributed by atoms with Crippen LogP contribution >= 0.6 is 0 Å². The second-order valence-electron chi connectivity index (χ2n) is 1.93. The molecule has 0 atom stereocenters. The molecule has 0 bridgehead atoms. The first-order valence-electron chi connectivity index (χ1n) is 3.68. The molecule has 0 radical (unpaired) electrons. The number of nitrogen functional groups attached to an aromatic ring is 2. The average Bonchev–Trinajstić information content (AvgIpc) is 2.04. The monoisotopic (exact) mass is 153 g/mol. The summed E-state index contributed by atoms with van der Waals surface area (Å²) in [6, 6.07) is 1.83. The van der Waals surface area contributed by atoms with Crippen molar-refractivity contribution in [2.24, 2.45) is 0 Å². The molecule has 3 nitrogen and oxygen atoms in total. The number of rotatable bonds is 0. The lowest BCUT2D eigenvalue weighted by atomic mass is 10.2. The van der Waals surface area contributed by atoms with E-state index < -0.39 is 0 Å². The fourth-order valence-corrected chi connectivity index (χ4v) is 0.591. The highest BCUT2D eigenvalue weighted by Crippen LogP contribution is 2.13. The number of aromatic nitrogens is 1. The van der Waals surface area contributed by atoms with Gasteiger partial charge in [0.2, 0.25) is 0 Å². The number of nitrogens with zero attached hydrogens (tertiary/aromatic N) is 1. The van der Waals surface area contributed by atoms with Gasteiger partial charge in [-0.2, -0.15) is 0 Å². The topological polar surface area (TPSA) is 64.9 Å². The van der Waals surface area contributed by atoms with Crippen LogP contribution in [0.25, 0.3) is 0 Å². The minimum absolute atomic E-state index is 0.412. The quantitative estimate of drug-likeness (QED) is 0.594. The van der Waals surface area contributed by atoms with Gasteiger partial charge in [-0.15, -0.1) is 0 Å². The Morgan fingerprint density at radius 3 is 2.18 bits per heavy atom. The molecular weight excluding hydrogens is 138 g/mol. The summed E-state index contributed by atoms with van der Waals surface area (Å²) in [5.41, 5.74) is 12.4. The summed E-state index contributed by atoms with van der Waals surface area (Å²) < 4.78 is 0. The summed E-state index contributed by atoms with van der Waals surface area (Å²) in [5.74, 6) is 0.412. The van der Waals surface area contributed by atoms with E-state index in [0.29, 0.717) is 11.5 Å². The van der Waals surface area contributed by atoms with Crippen LogP contribution in [0.1, 0.15) is 19.4 Å². The predicted octanol–water partition coefficient (Wildman–Crippen LogP) is 1.58. The zero-order valence-electron chi connectivity index (χ0n) is 7.26. The third kappa shape index (κ3) is 2.45. The van der Waals surface area contributed by atoms with Crippen LogP contribution in [0.2, 0.25) is 0 Å². The van der Waals surface area contributed by atoms with E-state index in [0.717, 1.165) is 5.56 Å². The highest BCUT2D eigenvalue weighted by molar-refractivity contribution is 5.61. The first-order chi connectivity index (χ1) is 5.22. The van der Waals surface area contributed by atoms with Gasteiger partial charge in [0.15, 0.2) is 0 Å².